The largest absolute Gasteiger partial charge is 0.461 e. The molecule has 3 amide bonds. The molecule has 15 nitrogen and oxygen atoms in total. The van der Waals surface area contributed by atoms with Crippen LogP contribution in [0.2, 0.25) is 0 Å². The molecule has 0 aromatic heterocycles. The fourth-order valence-corrected chi connectivity index (χ4v) is 6.89. The van der Waals surface area contributed by atoms with Crippen LogP contribution in [-0.4, -0.2) is 86.0 Å². The number of carbonyl (C=O) groups excluding carboxylic acids is 7. The average Bonchev–Trinajstić information content (AvgIpc) is 3.33. The Hall–Kier alpha value is -4.25. The van der Waals surface area contributed by atoms with E-state index < -0.39 is 74.7 Å². The number of nitrogens with zero attached hydrogens (tertiary/aromatic N) is 1. The van der Waals surface area contributed by atoms with Gasteiger partial charge in [0.05, 0.1) is 16.2 Å². The highest BCUT2D eigenvalue weighted by atomic mass is 35.5. The number of nitrogens with one attached hydrogen (secondary N) is 2. The van der Waals surface area contributed by atoms with Crippen molar-refractivity contribution in [1.29, 1.82) is 0 Å². The highest BCUT2D eigenvalue weighted by Crippen LogP contribution is 2.54. The van der Waals surface area contributed by atoms with E-state index in [9.17, 15) is 33.6 Å². The minimum absolute atomic E-state index is 0.118. The number of rotatable bonds is 13. The van der Waals surface area contributed by atoms with E-state index in [-0.39, 0.29) is 30.1 Å². The third-order valence-corrected chi connectivity index (χ3v) is 9.79. The second-order valence-corrected chi connectivity index (χ2v) is 14.1. The summed E-state index contributed by atoms with van der Waals surface area (Å²) < 4.78 is 22.5. The van der Waals surface area contributed by atoms with Gasteiger partial charge in [0, 0.05) is 13.8 Å². The molecule has 2 saturated heterocycles. The molecule has 1 unspecified atom stereocenters. The summed E-state index contributed by atoms with van der Waals surface area (Å²) in [5.74, 6) is -5.10. The summed E-state index contributed by atoms with van der Waals surface area (Å²) in [5, 5.41) is 3.36. The van der Waals surface area contributed by atoms with Crippen molar-refractivity contribution in [2.45, 2.75) is 53.7 Å². The fourth-order valence-electron chi connectivity index (χ4n) is 4.98. The standard InChI is InChI=1S/C30H28Cl3N3O12S/c1-16(38)46-20-10-9-19(11-21(20)47-17(2)39)23(40)45-14-28(3)22(24(41)44-12-18-7-5-4-6-8-18)36-25(42)30(34-15-37,26(36)49-28)35-27(43)48-29(32,33)13-31/h4-11,15,22,26H,12-14H2,1-3H3,(H,34,37)(H,35,43)/t22?,26-,28+,30-/m1/s1. The minimum Gasteiger partial charge on any atom is -0.461 e. The summed E-state index contributed by atoms with van der Waals surface area (Å²) in [6.45, 7) is 3.08. The van der Waals surface area contributed by atoms with E-state index >= 15 is 0 Å². The molecule has 2 aliphatic rings. The summed E-state index contributed by atoms with van der Waals surface area (Å²) >= 11 is 18.2. The molecule has 2 heterocycles. The lowest BCUT2D eigenvalue weighted by Gasteiger charge is -2.52. The summed E-state index contributed by atoms with van der Waals surface area (Å²) in [6.07, 6.45) is -1.16. The van der Waals surface area contributed by atoms with Crippen molar-refractivity contribution >= 4 is 88.9 Å². The number of carbonyl (C=O) groups is 7. The fraction of sp³-hybridized carbons (Fsp3) is 0.367. The normalized spacial score (nSPS) is 22.5. The van der Waals surface area contributed by atoms with Gasteiger partial charge in [-0.25, -0.2) is 14.4 Å². The zero-order valence-corrected chi connectivity index (χ0v) is 28.9. The molecule has 2 N–H and O–H groups in total. The van der Waals surface area contributed by atoms with E-state index in [4.69, 9.17) is 58.5 Å². The zero-order valence-electron chi connectivity index (χ0n) is 25.9. The van der Waals surface area contributed by atoms with Gasteiger partial charge in [0.1, 0.15) is 24.6 Å². The van der Waals surface area contributed by atoms with Crippen molar-refractivity contribution in [3.8, 4) is 11.5 Å². The van der Waals surface area contributed by atoms with Gasteiger partial charge in [0.15, 0.2) is 11.5 Å². The van der Waals surface area contributed by atoms with Crippen molar-refractivity contribution < 1.29 is 57.2 Å². The molecule has 2 aliphatic heterocycles. The van der Waals surface area contributed by atoms with Crippen molar-refractivity contribution in [1.82, 2.24) is 15.5 Å². The molecular weight excluding hydrogens is 733 g/mol. The molecule has 262 valence electrons. The number of benzene rings is 2. The number of fused-ring (bicyclic) bond motifs is 1. The third-order valence-electron chi connectivity index (χ3n) is 7.04. The second kappa shape index (κ2) is 15.1. The van der Waals surface area contributed by atoms with Gasteiger partial charge in [-0.1, -0.05) is 53.5 Å². The van der Waals surface area contributed by atoms with Gasteiger partial charge in [-0.2, -0.15) is 0 Å². The minimum atomic E-state index is -2.18. The van der Waals surface area contributed by atoms with Gasteiger partial charge in [0.25, 0.3) is 10.4 Å². The third kappa shape index (κ3) is 8.32. The lowest BCUT2D eigenvalue weighted by Crippen LogP contribution is -2.85. The number of hydrogen-bond donors (Lipinski definition) is 2. The second-order valence-electron chi connectivity index (χ2n) is 10.8. The van der Waals surface area contributed by atoms with Gasteiger partial charge < -0.3 is 33.9 Å². The Labute approximate surface area is 298 Å². The highest BCUT2D eigenvalue weighted by Gasteiger charge is 2.74. The van der Waals surface area contributed by atoms with E-state index in [1.165, 1.54) is 19.1 Å². The van der Waals surface area contributed by atoms with Crippen LogP contribution in [0, 0.1) is 0 Å². The molecule has 4 rings (SSSR count). The molecule has 0 spiro atoms. The molecule has 2 aromatic carbocycles. The summed E-state index contributed by atoms with van der Waals surface area (Å²) in [6, 6.07) is 10.9. The first-order valence-electron chi connectivity index (χ1n) is 14.1. The summed E-state index contributed by atoms with van der Waals surface area (Å²) in [5.41, 5.74) is -1.62. The molecule has 0 saturated carbocycles. The molecule has 0 radical (unpaired) electrons. The number of thioether (sulfide) groups is 1. The Morgan fingerprint density at radius 1 is 1.00 bits per heavy atom. The molecule has 49 heavy (non-hydrogen) atoms. The SMILES string of the molecule is CC(=O)Oc1ccc(C(=O)OC[C@]2(C)S[C@H]3N(C(=O)[C@@]3(NC=O)NC(=O)OC(Cl)(Cl)CCl)C2C(=O)OCc2ccccc2)cc1OC(C)=O. The van der Waals surface area contributed by atoms with Crippen molar-refractivity contribution in [3.05, 3.63) is 59.7 Å². The zero-order chi connectivity index (χ0) is 36.1. The Balaban J connectivity index is 1.62. The average molecular weight is 761 g/mol. The maximum atomic E-state index is 13.7. The van der Waals surface area contributed by atoms with Crippen LogP contribution >= 0.6 is 46.6 Å². The number of halogens is 3. The van der Waals surface area contributed by atoms with E-state index in [1.807, 2.05) is 0 Å². The van der Waals surface area contributed by atoms with Gasteiger partial charge in [0.2, 0.25) is 12.1 Å². The van der Waals surface area contributed by atoms with E-state index in [2.05, 4.69) is 10.6 Å². The van der Waals surface area contributed by atoms with Crippen LogP contribution in [0.15, 0.2) is 48.5 Å². The van der Waals surface area contributed by atoms with Crippen LogP contribution in [0.3, 0.4) is 0 Å². The molecule has 19 heteroatoms. The molecular formula is C30H28Cl3N3O12S. The Kier molecular flexibility index (Phi) is 11.6. The molecule has 0 aliphatic carbocycles. The Bertz CT molecular complexity index is 1660. The van der Waals surface area contributed by atoms with E-state index in [1.54, 1.807) is 30.3 Å². The number of alkyl carbamates (subject to hydrolysis) is 1. The molecule has 0 bridgehead atoms. The Morgan fingerprint density at radius 2 is 1.65 bits per heavy atom. The number of alkyl halides is 3. The lowest BCUT2D eigenvalue weighted by molar-refractivity contribution is -0.173. The van der Waals surface area contributed by atoms with Gasteiger partial charge >= 0.3 is 30.0 Å². The summed E-state index contributed by atoms with van der Waals surface area (Å²) in [4.78, 5) is 89.2. The molecule has 2 aromatic rings. The van der Waals surface area contributed by atoms with Crippen LogP contribution < -0.4 is 20.1 Å². The quantitative estimate of drug-likeness (QED) is 0.0577. The first kappa shape index (κ1) is 37.6. The monoisotopic (exact) mass is 759 g/mol. The van der Waals surface area contributed by atoms with Crippen LogP contribution in [0.1, 0.15) is 36.7 Å². The lowest BCUT2D eigenvalue weighted by atomic mass is 9.91. The topological polar surface area (TPSA) is 193 Å². The first-order valence-corrected chi connectivity index (χ1v) is 16.3. The first-order chi connectivity index (χ1) is 23.1. The van der Waals surface area contributed by atoms with Gasteiger partial charge in [-0.05, 0) is 30.7 Å². The Morgan fingerprint density at radius 3 is 2.27 bits per heavy atom. The highest BCUT2D eigenvalue weighted by molar-refractivity contribution is 8.01. The smallest absolute Gasteiger partial charge is 0.412 e. The number of amides is 3. The van der Waals surface area contributed by atoms with E-state index in [0.29, 0.717) is 5.56 Å². The predicted octanol–water partition coefficient (Wildman–Crippen LogP) is 3.02. The number of β-lactam (4-membered cyclic amide) rings is 1. The maximum absolute atomic E-state index is 13.7. The van der Waals surface area contributed by atoms with Crippen LogP contribution in [-0.2, 0) is 44.8 Å². The van der Waals surface area contributed by atoms with Gasteiger partial charge in [-0.3, -0.25) is 24.5 Å². The predicted molar refractivity (Wildman–Crippen MR) is 173 cm³/mol. The van der Waals surface area contributed by atoms with Crippen molar-refractivity contribution in [3.63, 3.8) is 0 Å². The molecule has 4 atom stereocenters. The number of hydrogen-bond acceptors (Lipinski definition) is 13. The van der Waals surface area contributed by atoms with Crippen LogP contribution in [0.25, 0.3) is 0 Å². The van der Waals surface area contributed by atoms with Crippen LogP contribution in [0.5, 0.6) is 11.5 Å². The van der Waals surface area contributed by atoms with Crippen LogP contribution in [0.4, 0.5) is 4.79 Å². The van der Waals surface area contributed by atoms with Crippen molar-refractivity contribution in [2.24, 2.45) is 0 Å². The number of ether oxygens (including phenoxy) is 5. The maximum Gasteiger partial charge on any atom is 0.412 e. The van der Waals surface area contributed by atoms with Crippen molar-refractivity contribution in [2.75, 3.05) is 12.5 Å². The van der Waals surface area contributed by atoms with E-state index in [0.717, 1.165) is 36.6 Å². The number of esters is 4. The van der Waals surface area contributed by atoms with Gasteiger partial charge in [-0.15, -0.1) is 23.4 Å². The summed E-state index contributed by atoms with van der Waals surface area (Å²) in [7, 11) is 0. The molecule has 2 fully saturated rings.